The van der Waals surface area contributed by atoms with Gasteiger partial charge < -0.3 is 19.7 Å². The number of amides is 2. The molecule has 0 aromatic heterocycles. The van der Waals surface area contributed by atoms with E-state index in [9.17, 15) is 14.4 Å². The Labute approximate surface area is 166 Å². The summed E-state index contributed by atoms with van der Waals surface area (Å²) in [6.07, 6.45) is 3.61. The molecule has 2 amide bonds. The molecule has 1 unspecified atom stereocenters. The van der Waals surface area contributed by atoms with Crippen molar-refractivity contribution in [1.29, 1.82) is 0 Å². The third-order valence-corrected chi connectivity index (χ3v) is 4.54. The van der Waals surface area contributed by atoms with Gasteiger partial charge in [0, 0.05) is 13.1 Å². The zero-order valence-corrected chi connectivity index (χ0v) is 16.7. The summed E-state index contributed by atoms with van der Waals surface area (Å²) in [5.41, 5.74) is 0.403. The zero-order chi connectivity index (χ0) is 20.4. The maximum Gasteiger partial charge on any atom is 0.308 e. The van der Waals surface area contributed by atoms with E-state index in [1.54, 1.807) is 18.2 Å². The number of carbonyl (C=O) groups excluding carboxylic acids is 3. The van der Waals surface area contributed by atoms with Crippen LogP contribution in [-0.2, 0) is 14.3 Å². The van der Waals surface area contributed by atoms with Gasteiger partial charge in [-0.1, -0.05) is 38.8 Å². The SMILES string of the molecule is CCCCCOc1ccccc1C(=O)N1CCNC(=O)C1CC(=O)OCCC. The van der Waals surface area contributed by atoms with Crippen LogP contribution in [0.25, 0.3) is 0 Å². The van der Waals surface area contributed by atoms with E-state index >= 15 is 0 Å². The normalized spacial score (nSPS) is 16.4. The second-order valence-electron chi connectivity index (χ2n) is 6.78. The van der Waals surface area contributed by atoms with Crippen LogP contribution >= 0.6 is 0 Å². The Morgan fingerprint density at radius 2 is 1.93 bits per heavy atom. The molecule has 1 heterocycles. The summed E-state index contributed by atoms with van der Waals surface area (Å²) in [5.74, 6) is -0.628. The van der Waals surface area contributed by atoms with E-state index in [2.05, 4.69) is 12.2 Å². The van der Waals surface area contributed by atoms with E-state index in [1.165, 1.54) is 4.90 Å². The highest BCUT2D eigenvalue weighted by Gasteiger charge is 2.36. The quantitative estimate of drug-likeness (QED) is 0.490. The van der Waals surface area contributed by atoms with Crippen molar-refractivity contribution < 1.29 is 23.9 Å². The van der Waals surface area contributed by atoms with E-state index in [0.29, 0.717) is 44.0 Å². The molecular formula is C21H30N2O5. The Bertz CT molecular complexity index is 677. The smallest absolute Gasteiger partial charge is 0.308 e. The summed E-state index contributed by atoms with van der Waals surface area (Å²) in [4.78, 5) is 39.0. The molecule has 0 spiro atoms. The van der Waals surface area contributed by atoms with Gasteiger partial charge in [-0.2, -0.15) is 0 Å². The number of unbranched alkanes of at least 4 members (excludes halogenated alkanes) is 2. The van der Waals surface area contributed by atoms with E-state index in [0.717, 1.165) is 19.3 Å². The summed E-state index contributed by atoms with van der Waals surface area (Å²) in [6.45, 7) is 5.53. The number of nitrogens with zero attached hydrogens (tertiary/aromatic N) is 1. The van der Waals surface area contributed by atoms with Crippen molar-refractivity contribution in [3.8, 4) is 5.75 Å². The molecule has 1 aromatic carbocycles. The molecular weight excluding hydrogens is 360 g/mol. The van der Waals surface area contributed by atoms with Crippen LogP contribution in [0.15, 0.2) is 24.3 Å². The molecule has 2 rings (SSSR count). The Morgan fingerprint density at radius 1 is 1.14 bits per heavy atom. The highest BCUT2D eigenvalue weighted by atomic mass is 16.5. The monoisotopic (exact) mass is 390 g/mol. The number of rotatable bonds is 10. The lowest BCUT2D eigenvalue weighted by Gasteiger charge is -2.34. The van der Waals surface area contributed by atoms with Gasteiger partial charge in [-0.05, 0) is 25.0 Å². The minimum Gasteiger partial charge on any atom is -0.493 e. The summed E-state index contributed by atoms with van der Waals surface area (Å²) in [5, 5.41) is 2.72. The first-order valence-corrected chi connectivity index (χ1v) is 10.0. The van der Waals surface area contributed by atoms with E-state index in [1.807, 2.05) is 13.0 Å². The predicted octanol–water partition coefficient (Wildman–Crippen LogP) is 2.54. The molecule has 1 fully saturated rings. The van der Waals surface area contributed by atoms with E-state index < -0.39 is 12.0 Å². The van der Waals surface area contributed by atoms with Gasteiger partial charge in [0.2, 0.25) is 5.91 Å². The lowest BCUT2D eigenvalue weighted by Crippen LogP contribution is -2.57. The molecule has 28 heavy (non-hydrogen) atoms. The molecule has 1 N–H and O–H groups in total. The molecule has 1 aliphatic heterocycles. The first-order chi connectivity index (χ1) is 13.6. The predicted molar refractivity (Wildman–Crippen MR) is 105 cm³/mol. The van der Waals surface area contributed by atoms with Gasteiger partial charge in [-0.3, -0.25) is 14.4 Å². The second-order valence-corrected chi connectivity index (χ2v) is 6.78. The third kappa shape index (κ3) is 5.97. The Balaban J connectivity index is 2.13. The number of hydrogen-bond donors (Lipinski definition) is 1. The first kappa shape index (κ1) is 21.7. The maximum atomic E-state index is 13.2. The van der Waals surface area contributed by atoms with Gasteiger partial charge in [0.15, 0.2) is 0 Å². The minimum absolute atomic E-state index is 0.156. The summed E-state index contributed by atoms with van der Waals surface area (Å²) >= 11 is 0. The lowest BCUT2D eigenvalue weighted by atomic mass is 10.1. The fourth-order valence-electron chi connectivity index (χ4n) is 3.05. The van der Waals surface area contributed by atoms with Crippen molar-refractivity contribution in [2.75, 3.05) is 26.3 Å². The second kappa shape index (κ2) is 11.3. The summed E-state index contributed by atoms with van der Waals surface area (Å²) in [7, 11) is 0. The van der Waals surface area contributed by atoms with Gasteiger partial charge in [0.05, 0.1) is 25.2 Å². The average molecular weight is 390 g/mol. The highest BCUT2D eigenvalue weighted by molar-refractivity contribution is 6.01. The van der Waals surface area contributed by atoms with Crippen LogP contribution in [0, 0.1) is 0 Å². The van der Waals surface area contributed by atoms with Crippen molar-refractivity contribution >= 4 is 17.8 Å². The molecule has 1 aromatic rings. The van der Waals surface area contributed by atoms with E-state index in [4.69, 9.17) is 9.47 Å². The van der Waals surface area contributed by atoms with Crippen LogP contribution in [0.5, 0.6) is 5.75 Å². The minimum atomic E-state index is -0.876. The topological polar surface area (TPSA) is 84.9 Å². The van der Waals surface area contributed by atoms with Gasteiger partial charge >= 0.3 is 5.97 Å². The molecule has 7 heteroatoms. The average Bonchev–Trinajstić information content (AvgIpc) is 2.71. The molecule has 7 nitrogen and oxygen atoms in total. The van der Waals surface area contributed by atoms with Crippen LogP contribution in [0.3, 0.4) is 0 Å². The van der Waals surface area contributed by atoms with Gasteiger partial charge in [0.1, 0.15) is 11.8 Å². The summed E-state index contributed by atoms with van der Waals surface area (Å²) in [6, 6.07) is 6.15. The van der Waals surface area contributed by atoms with Crippen molar-refractivity contribution in [2.45, 2.75) is 52.0 Å². The first-order valence-electron chi connectivity index (χ1n) is 10.0. The Kier molecular flexibility index (Phi) is 8.78. The van der Waals surface area contributed by atoms with Crippen molar-refractivity contribution in [2.24, 2.45) is 0 Å². The molecule has 0 saturated carbocycles. The number of nitrogens with one attached hydrogen (secondary N) is 1. The third-order valence-electron chi connectivity index (χ3n) is 4.54. The molecule has 0 bridgehead atoms. The van der Waals surface area contributed by atoms with Crippen LogP contribution in [-0.4, -0.2) is 55.0 Å². The molecule has 0 aliphatic carbocycles. The maximum absolute atomic E-state index is 13.2. The lowest BCUT2D eigenvalue weighted by molar-refractivity contribution is -0.147. The number of esters is 1. The van der Waals surface area contributed by atoms with Gasteiger partial charge in [-0.15, -0.1) is 0 Å². The molecule has 0 radical (unpaired) electrons. The molecule has 1 aliphatic rings. The fourth-order valence-corrected chi connectivity index (χ4v) is 3.05. The number of benzene rings is 1. The largest absolute Gasteiger partial charge is 0.493 e. The number of para-hydroxylation sites is 1. The number of carbonyl (C=O) groups is 3. The number of ether oxygens (including phenoxy) is 2. The van der Waals surface area contributed by atoms with Crippen LogP contribution in [0.1, 0.15) is 56.3 Å². The van der Waals surface area contributed by atoms with Gasteiger partial charge in [0.25, 0.3) is 5.91 Å². The van der Waals surface area contributed by atoms with Crippen LogP contribution in [0.2, 0.25) is 0 Å². The fraction of sp³-hybridized carbons (Fsp3) is 0.571. The molecule has 154 valence electrons. The Morgan fingerprint density at radius 3 is 2.68 bits per heavy atom. The Hall–Kier alpha value is -2.57. The zero-order valence-electron chi connectivity index (χ0n) is 16.7. The molecule has 1 atom stereocenters. The van der Waals surface area contributed by atoms with E-state index in [-0.39, 0.29) is 18.2 Å². The molecule has 1 saturated heterocycles. The van der Waals surface area contributed by atoms with Gasteiger partial charge in [-0.25, -0.2) is 0 Å². The summed E-state index contributed by atoms with van der Waals surface area (Å²) < 4.78 is 10.9. The number of piperazine rings is 1. The number of hydrogen-bond acceptors (Lipinski definition) is 5. The van der Waals surface area contributed by atoms with Crippen LogP contribution in [0.4, 0.5) is 0 Å². The standard InChI is InChI=1S/C21H30N2O5/c1-3-5-8-14-27-18-10-7-6-9-16(18)21(26)23-12-11-22-20(25)17(23)15-19(24)28-13-4-2/h6-7,9-10,17H,3-5,8,11-15H2,1-2H3,(H,22,25). The van der Waals surface area contributed by atoms with Crippen molar-refractivity contribution in [3.05, 3.63) is 29.8 Å². The van der Waals surface area contributed by atoms with Crippen LogP contribution < -0.4 is 10.1 Å². The highest BCUT2D eigenvalue weighted by Crippen LogP contribution is 2.23. The van der Waals surface area contributed by atoms with Crippen molar-refractivity contribution in [1.82, 2.24) is 10.2 Å². The van der Waals surface area contributed by atoms with Crippen molar-refractivity contribution in [3.63, 3.8) is 0 Å².